The van der Waals surface area contributed by atoms with Crippen molar-refractivity contribution >= 4 is 28.2 Å². The fraction of sp³-hybridized carbons (Fsp3) is 0. The van der Waals surface area contributed by atoms with Gasteiger partial charge in [0.25, 0.3) is 0 Å². The predicted octanol–water partition coefficient (Wildman–Crippen LogP) is 3.73. The van der Waals surface area contributed by atoms with Crippen LogP contribution in [0.4, 0.5) is 5.69 Å². The number of nitrogens with zero attached hydrogens (tertiary/aromatic N) is 1. The van der Waals surface area contributed by atoms with E-state index in [1.807, 2.05) is 36.4 Å². The first kappa shape index (κ1) is 10.2. The summed E-state index contributed by atoms with van der Waals surface area (Å²) >= 11 is 6.14. The van der Waals surface area contributed by atoms with E-state index >= 15 is 0 Å². The van der Waals surface area contributed by atoms with Gasteiger partial charge in [-0.1, -0.05) is 28.9 Å². The summed E-state index contributed by atoms with van der Waals surface area (Å²) in [5.41, 5.74) is 8.03. The molecule has 17 heavy (non-hydrogen) atoms. The van der Waals surface area contributed by atoms with Crippen LogP contribution in [-0.2, 0) is 0 Å². The van der Waals surface area contributed by atoms with Gasteiger partial charge in [0.2, 0.25) is 0 Å². The van der Waals surface area contributed by atoms with Gasteiger partial charge in [0.1, 0.15) is 5.52 Å². The number of fused-ring (bicyclic) bond motifs is 1. The molecule has 1 heterocycles. The van der Waals surface area contributed by atoms with Crippen LogP contribution in [0.3, 0.4) is 0 Å². The predicted molar refractivity (Wildman–Crippen MR) is 68.9 cm³/mol. The van der Waals surface area contributed by atoms with Crippen LogP contribution in [0.5, 0.6) is 0 Å². The summed E-state index contributed by atoms with van der Waals surface area (Å²) in [7, 11) is 0. The molecule has 1 aromatic heterocycles. The van der Waals surface area contributed by atoms with Crippen molar-refractivity contribution in [1.29, 1.82) is 0 Å². The zero-order chi connectivity index (χ0) is 11.8. The highest BCUT2D eigenvalue weighted by molar-refractivity contribution is 6.33. The summed E-state index contributed by atoms with van der Waals surface area (Å²) in [6.45, 7) is 0. The van der Waals surface area contributed by atoms with E-state index in [9.17, 15) is 0 Å². The van der Waals surface area contributed by atoms with Crippen molar-refractivity contribution in [3.05, 3.63) is 47.5 Å². The zero-order valence-electron chi connectivity index (χ0n) is 8.85. The zero-order valence-corrected chi connectivity index (χ0v) is 9.61. The standard InChI is InChI=1S/C13H9ClN2O/c14-11-4-2-1-3-9(11)13-10-7-8(15)5-6-12(10)16-17-13/h1-7H,15H2. The Hall–Kier alpha value is -2.00. The van der Waals surface area contributed by atoms with Crippen LogP contribution in [0.25, 0.3) is 22.2 Å². The molecule has 0 aliphatic heterocycles. The number of nitrogen functional groups attached to an aromatic ring is 1. The molecule has 0 saturated carbocycles. The van der Waals surface area contributed by atoms with E-state index in [0.717, 1.165) is 16.5 Å². The van der Waals surface area contributed by atoms with Gasteiger partial charge >= 0.3 is 0 Å². The molecular formula is C13H9ClN2O. The van der Waals surface area contributed by atoms with Gasteiger partial charge in [0, 0.05) is 11.3 Å². The van der Waals surface area contributed by atoms with Crippen LogP contribution in [-0.4, -0.2) is 5.16 Å². The molecule has 0 amide bonds. The van der Waals surface area contributed by atoms with Crippen LogP contribution >= 0.6 is 11.6 Å². The molecule has 3 aromatic rings. The van der Waals surface area contributed by atoms with Gasteiger partial charge in [0.15, 0.2) is 5.76 Å². The second kappa shape index (κ2) is 3.79. The molecule has 2 N–H and O–H groups in total. The van der Waals surface area contributed by atoms with Crippen molar-refractivity contribution in [3.63, 3.8) is 0 Å². The first-order valence-electron chi connectivity index (χ1n) is 5.15. The summed E-state index contributed by atoms with van der Waals surface area (Å²) in [6, 6.07) is 12.9. The molecule has 0 spiro atoms. The third-order valence-electron chi connectivity index (χ3n) is 2.62. The Bertz CT molecular complexity index is 691. The van der Waals surface area contributed by atoms with Crippen molar-refractivity contribution in [2.24, 2.45) is 0 Å². The lowest BCUT2D eigenvalue weighted by atomic mass is 10.1. The van der Waals surface area contributed by atoms with Crippen molar-refractivity contribution in [1.82, 2.24) is 5.16 Å². The van der Waals surface area contributed by atoms with Gasteiger partial charge in [-0.25, -0.2) is 0 Å². The smallest absolute Gasteiger partial charge is 0.176 e. The summed E-state index contributed by atoms with van der Waals surface area (Å²) < 4.78 is 5.35. The normalized spacial score (nSPS) is 10.9. The number of hydrogen-bond acceptors (Lipinski definition) is 3. The minimum Gasteiger partial charge on any atom is -0.399 e. The Morgan fingerprint density at radius 2 is 1.94 bits per heavy atom. The third kappa shape index (κ3) is 1.65. The van der Waals surface area contributed by atoms with Crippen molar-refractivity contribution in [2.45, 2.75) is 0 Å². The Labute approximate surface area is 103 Å². The van der Waals surface area contributed by atoms with E-state index < -0.39 is 0 Å². The molecule has 0 aliphatic carbocycles. The molecule has 0 radical (unpaired) electrons. The van der Waals surface area contributed by atoms with Crippen LogP contribution in [0.1, 0.15) is 0 Å². The number of rotatable bonds is 1. The molecule has 3 nitrogen and oxygen atoms in total. The molecule has 0 fully saturated rings. The highest BCUT2D eigenvalue weighted by Crippen LogP contribution is 2.33. The maximum Gasteiger partial charge on any atom is 0.176 e. The molecule has 4 heteroatoms. The Morgan fingerprint density at radius 1 is 1.12 bits per heavy atom. The molecule has 84 valence electrons. The SMILES string of the molecule is Nc1ccc2noc(-c3ccccc3Cl)c2c1. The lowest BCUT2D eigenvalue weighted by Gasteiger charge is -1.99. The molecule has 3 rings (SSSR count). The average Bonchev–Trinajstić information content (AvgIpc) is 2.72. The monoisotopic (exact) mass is 244 g/mol. The lowest BCUT2D eigenvalue weighted by molar-refractivity contribution is 0.441. The number of aromatic nitrogens is 1. The number of benzene rings is 2. The number of halogens is 1. The van der Waals surface area contributed by atoms with Crippen molar-refractivity contribution < 1.29 is 4.52 Å². The molecule has 0 bridgehead atoms. The highest BCUT2D eigenvalue weighted by atomic mass is 35.5. The molecule has 0 saturated heterocycles. The molecule has 2 aromatic carbocycles. The molecule has 0 atom stereocenters. The second-order valence-electron chi connectivity index (χ2n) is 3.77. The minimum absolute atomic E-state index is 0.632. The summed E-state index contributed by atoms with van der Waals surface area (Å²) in [4.78, 5) is 0. The highest BCUT2D eigenvalue weighted by Gasteiger charge is 2.13. The fourth-order valence-electron chi connectivity index (χ4n) is 1.80. The van der Waals surface area contributed by atoms with Crippen LogP contribution in [0, 0.1) is 0 Å². The van der Waals surface area contributed by atoms with E-state index in [0.29, 0.717) is 16.5 Å². The third-order valence-corrected chi connectivity index (χ3v) is 2.95. The van der Waals surface area contributed by atoms with Crippen LogP contribution < -0.4 is 5.73 Å². The fourth-order valence-corrected chi connectivity index (χ4v) is 2.02. The van der Waals surface area contributed by atoms with E-state index in [1.165, 1.54) is 0 Å². The van der Waals surface area contributed by atoms with Gasteiger partial charge in [-0.2, -0.15) is 0 Å². The van der Waals surface area contributed by atoms with E-state index in [1.54, 1.807) is 6.07 Å². The Balaban J connectivity index is 2.31. The molecule has 0 aliphatic rings. The topological polar surface area (TPSA) is 52.0 Å². The quantitative estimate of drug-likeness (QED) is 0.664. The number of nitrogens with two attached hydrogens (primary N) is 1. The first-order chi connectivity index (χ1) is 8.25. The van der Waals surface area contributed by atoms with Crippen molar-refractivity contribution in [3.8, 4) is 11.3 Å². The van der Waals surface area contributed by atoms with E-state index in [4.69, 9.17) is 21.9 Å². The van der Waals surface area contributed by atoms with Gasteiger partial charge < -0.3 is 10.3 Å². The van der Waals surface area contributed by atoms with E-state index in [2.05, 4.69) is 5.16 Å². The van der Waals surface area contributed by atoms with E-state index in [-0.39, 0.29) is 0 Å². The molecule has 0 unspecified atom stereocenters. The summed E-state index contributed by atoms with van der Waals surface area (Å²) in [5, 5.41) is 5.49. The van der Waals surface area contributed by atoms with Gasteiger partial charge in [-0.15, -0.1) is 0 Å². The Kier molecular flexibility index (Phi) is 2.27. The van der Waals surface area contributed by atoms with Gasteiger partial charge in [-0.05, 0) is 30.3 Å². The largest absolute Gasteiger partial charge is 0.399 e. The maximum absolute atomic E-state index is 6.14. The first-order valence-corrected chi connectivity index (χ1v) is 5.53. The number of anilines is 1. The van der Waals surface area contributed by atoms with Crippen molar-refractivity contribution in [2.75, 3.05) is 5.73 Å². The summed E-state index contributed by atoms with van der Waals surface area (Å²) in [5.74, 6) is 0.651. The second-order valence-corrected chi connectivity index (χ2v) is 4.18. The molecular weight excluding hydrogens is 236 g/mol. The Morgan fingerprint density at radius 3 is 2.76 bits per heavy atom. The minimum atomic E-state index is 0.632. The van der Waals surface area contributed by atoms with Gasteiger partial charge in [-0.3, -0.25) is 0 Å². The van der Waals surface area contributed by atoms with Gasteiger partial charge in [0.05, 0.1) is 10.4 Å². The average molecular weight is 245 g/mol. The summed E-state index contributed by atoms with van der Waals surface area (Å²) in [6.07, 6.45) is 0. The maximum atomic E-state index is 6.14. The lowest BCUT2D eigenvalue weighted by Crippen LogP contribution is -1.83. The van der Waals surface area contributed by atoms with Crippen LogP contribution in [0.15, 0.2) is 47.0 Å². The number of hydrogen-bond donors (Lipinski definition) is 1. The van der Waals surface area contributed by atoms with Crippen LogP contribution in [0.2, 0.25) is 5.02 Å².